The molecule has 0 bridgehead atoms. The van der Waals surface area contributed by atoms with Crippen LogP contribution in [0.25, 0.3) is 10.2 Å². The van der Waals surface area contributed by atoms with Gasteiger partial charge in [0.05, 0.1) is 21.2 Å². The Morgan fingerprint density at radius 2 is 2.04 bits per heavy atom. The predicted molar refractivity (Wildman–Crippen MR) is 105 cm³/mol. The number of rotatable bonds is 3. The Bertz CT molecular complexity index is 1110. The topological polar surface area (TPSA) is 93.4 Å². The van der Waals surface area contributed by atoms with Crippen molar-refractivity contribution in [2.24, 2.45) is 5.14 Å². The zero-order chi connectivity index (χ0) is 19.2. The van der Waals surface area contributed by atoms with Crippen LogP contribution in [0.3, 0.4) is 0 Å². The Hall–Kier alpha value is -2.29. The number of nitrogens with zero attached hydrogens (tertiary/aromatic N) is 2. The van der Waals surface area contributed by atoms with Crippen LogP contribution >= 0.6 is 11.3 Å². The van der Waals surface area contributed by atoms with Gasteiger partial charge in [0, 0.05) is 12.1 Å². The van der Waals surface area contributed by atoms with E-state index in [0.717, 1.165) is 33.6 Å². The summed E-state index contributed by atoms with van der Waals surface area (Å²) in [5.74, 6) is -0.181. The van der Waals surface area contributed by atoms with Crippen molar-refractivity contribution < 1.29 is 13.2 Å². The van der Waals surface area contributed by atoms with Crippen molar-refractivity contribution in [3.63, 3.8) is 0 Å². The van der Waals surface area contributed by atoms with E-state index in [1.54, 1.807) is 29.2 Å². The first-order chi connectivity index (χ1) is 12.8. The first kappa shape index (κ1) is 18.1. The van der Waals surface area contributed by atoms with Crippen LogP contribution in [-0.2, 0) is 10.0 Å². The number of carbonyl (C=O) groups is 1. The van der Waals surface area contributed by atoms with Crippen LogP contribution in [0.1, 0.15) is 39.8 Å². The zero-order valence-electron chi connectivity index (χ0n) is 14.8. The molecule has 1 saturated heterocycles. The molecular formula is C19H19N3O3S2. The van der Waals surface area contributed by atoms with Gasteiger partial charge in [-0.05, 0) is 49.6 Å². The molecule has 0 saturated carbocycles. The van der Waals surface area contributed by atoms with Crippen LogP contribution in [0, 0.1) is 6.92 Å². The molecule has 1 aliphatic heterocycles. The van der Waals surface area contributed by atoms with E-state index in [2.05, 4.69) is 0 Å². The highest BCUT2D eigenvalue weighted by molar-refractivity contribution is 7.89. The van der Waals surface area contributed by atoms with Gasteiger partial charge in [-0.3, -0.25) is 4.79 Å². The Morgan fingerprint density at radius 1 is 1.26 bits per heavy atom. The Balaban J connectivity index is 1.71. The van der Waals surface area contributed by atoms with Crippen molar-refractivity contribution in [2.45, 2.75) is 30.7 Å². The van der Waals surface area contributed by atoms with E-state index in [1.807, 2.05) is 24.3 Å². The number of likely N-dealkylation sites (tertiary alicyclic amines) is 1. The molecule has 2 N–H and O–H groups in total. The number of benzene rings is 2. The van der Waals surface area contributed by atoms with Gasteiger partial charge in [0.25, 0.3) is 5.91 Å². The lowest BCUT2D eigenvalue weighted by molar-refractivity contribution is 0.0734. The fourth-order valence-corrected chi connectivity index (χ4v) is 5.12. The Morgan fingerprint density at radius 3 is 2.78 bits per heavy atom. The average molecular weight is 402 g/mol. The monoisotopic (exact) mass is 401 g/mol. The highest BCUT2D eigenvalue weighted by Gasteiger charge is 2.33. The largest absolute Gasteiger partial charge is 0.329 e. The molecule has 4 rings (SSSR count). The third-order valence-electron chi connectivity index (χ3n) is 4.88. The Labute approximate surface area is 161 Å². The van der Waals surface area contributed by atoms with Crippen LogP contribution < -0.4 is 5.14 Å². The quantitative estimate of drug-likeness (QED) is 0.729. The first-order valence-electron chi connectivity index (χ1n) is 8.64. The predicted octanol–water partition coefficient (Wildman–Crippen LogP) is 3.23. The second kappa shape index (κ2) is 6.70. The van der Waals surface area contributed by atoms with Crippen LogP contribution in [0.4, 0.5) is 0 Å². The lowest BCUT2D eigenvalue weighted by Crippen LogP contribution is -2.31. The third kappa shape index (κ3) is 3.36. The minimum atomic E-state index is -3.86. The fourth-order valence-electron chi connectivity index (χ4n) is 3.46. The van der Waals surface area contributed by atoms with E-state index in [4.69, 9.17) is 10.1 Å². The standard InChI is InChI=1S/C19H19N3O3S2/c1-12-8-9-13(27(20,24)25)11-14(12)19(23)22-10-4-6-16(22)18-21-15-5-2-3-7-17(15)26-18/h2-3,5,7-9,11,16H,4,6,10H2,1H3,(H2,20,24,25)/t16-/m1/s1. The summed E-state index contributed by atoms with van der Waals surface area (Å²) in [6.07, 6.45) is 1.74. The molecule has 2 heterocycles. The van der Waals surface area contributed by atoms with Gasteiger partial charge in [0.2, 0.25) is 10.0 Å². The minimum absolute atomic E-state index is 0.0489. The molecule has 140 valence electrons. The molecule has 3 aromatic rings. The summed E-state index contributed by atoms with van der Waals surface area (Å²) in [5.41, 5.74) is 2.03. The molecule has 1 fully saturated rings. The summed E-state index contributed by atoms with van der Waals surface area (Å²) in [7, 11) is -3.86. The maximum absolute atomic E-state index is 13.2. The maximum atomic E-state index is 13.2. The summed E-state index contributed by atoms with van der Waals surface area (Å²) in [4.78, 5) is 19.7. The first-order valence-corrected chi connectivity index (χ1v) is 11.0. The number of carbonyl (C=O) groups excluding carboxylic acids is 1. The molecule has 0 radical (unpaired) electrons. The molecule has 1 aromatic heterocycles. The molecule has 0 unspecified atom stereocenters. The molecule has 1 aliphatic rings. The van der Waals surface area contributed by atoms with E-state index in [9.17, 15) is 13.2 Å². The minimum Gasteiger partial charge on any atom is -0.329 e. The van der Waals surface area contributed by atoms with Crippen LogP contribution in [0.2, 0.25) is 0 Å². The van der Waals surface area contributed by atoms with Crippen molar-refractivity contribution in [3.8, 4) is 0 Å². The lowest BCUT2D eigenvalue weighted by Gasteiger charge is -2.24. The van der Waals surface area contributed by atoms with Gasteiger partial charge >= 0.3 is 0 Å². The van der Waals surface area contributed by atoms with Crippen molar-refractivity contribution >= 4 is 37.5 Å². The van der Waals surface area contributed by atoms with Crippen LogP contribution in [0.5, 0.6) is 0 Å². The molecule has 0 spiro atoms. The number of hydrogen-bond donors (Lipinski definition) is 1. The molecule has 0 aliphatic carbocycles. The summed E-state index contributed by atoms with van der Waals surface area (Å²) in [6.45, 7) is 2.42. The number of amides is 1. The number of hydrogen-bond acceptors (Lipinski definition) is 5. The third-order valence-corrected chi connectivity index (χ3v) is 6.93. The summed E-state index contributed by atoms with van der Waals surface area (Å²) < 4.78 is 24.4. The highest BCUT2D eigenvalue weighted by Crippen LogP contribution is 2.37. The number of aryl methyl sites for hydroxylation is 1. The number of primary sulfonamides is 1. The van der Waals surface area contributed by atoms with Crippen LogP contribution in [-0.4, -0.2) is 30.8 Å². The van der Waals surface area contributed by atoms with Crippen molar-refractivity contribution in [1.82, 2.24) is 9.88 Å². The van der Waals surface area contributed by atoms with E-state index in [0.29, 0.717) is 12.1 Å². The molecule has 2 aromatic carbocycles. The SMILES string of the molecule is Cc1ccc(S(N)(=O)=O)cc1C(=O)N1CCC[C@@H]1c1nc2ccccc2s1. The van der Waals surface area contributed by atoms with Gasteiger partial charge in [-0.25, -0.2) is 18.5 Å². The van der Waals surface area contributed by atoms with Crippen LogP contribution in [0.15, 0.2) is 47.4 Å². The second-order valence-corrected chi connectivity index (χ2v) is 9.32. The lowest BCUT2D eigenvalue weighted by atomic mass is 10.1. The second-order valence-electron chi connectivity index (χ2n) is 6.70. The summed E-state index contributed by atoms with van der Waals surface area (Å²) in [5, 5.41) is 6.15. The van der Waals surface area contributed by atoms with Crippen molar-refractivity contribution in [3.05, 3.63) is 58.6 Å². The van der Waals surface area contributed by atoms with Crippen molar-refractivity contribution in [2.75, 3.05) is 6.54 Å². The number of thiazole rings is 1. The molecular weight excluding hydrogens is 382 g/mol. The van der Waals surface area contributed by atoms with E-state index >= 15 is 0 Å². The van der Waals surface area contributed by atoms with Gasteiger partial charge in [-0.2, -0.15) is 0 Å². The van der Waals surface area contributed by atoms with E-state index in [1.165, 1.54) is 12.1 Å². The van der Waals surface area contributed by atoms with E-state index in [-0.39, 0.29) is 16.8 Å². The summed E-state index contributed by atoms with van der Waals surface area (Å²) >= 11 is 1.60. The summed E-state index contributed by atoms with van der Waals surface area (Å²) in [6, 6.07) is 12.3. The van der Waals surface area contributed by atoms with Gasteiger partial charge < -0.3 is 4.90 Å². The number of sulfonamides is 1. The normalized spacial score (nSPS) is 17.6. The molecule has 1 amide bonds. The fraction of sp³-hybridized carbons (Fsp3) is 0.263. The Kier molecular flexibility index (Phi) is 4.49. The van der Waals surface area contributed by atoms with Gasteiger partial charge in [-0.15, -0.1) is 11.3 Å². The molecule has 1 atom stereocenters. The van der Waals surface area contributed by atoms with Gasteiger partial charge in [0.15, 0.2) is 0 Å². The average Bonchev–Trinajstić information content (AvgIpc) is 3.27. The highest BCUT2D eigenvalue weighted by atomic mass is 32.2. The smallest absolute Gasteiger partial charge is 0.254 e. The molecule has 6 nitrogen and oxygen atoms in total. The number of para-hydroxylation sites is 1. The molecule has 27 heavy (non-hydrogen) atoms. The maximum Gasteiger partial charge on any atom is 0.254 e. The van der Waals surface area contributed by atoms with Gasteiger partial charge in [0.1, 0.15) is 5.01 Å². The number of fused-ring (bicyclic) bond motifs is 1. The number of aromatic nitrogens is 1. The van der Waals surface area contributed by atoms with Crippen molar-refractivity contribution in [1.29, 1.82) is 0 Å². The zero-order valence-corrected chi connectivity index (χ0v) is 16.4. The van der Waals surface area contributed by atoms with E-state index < -0.39 is 10.0 Å². The molecule has 8 heteroatoms. The van der Waals surface area contributed by atoms with Gasteiger partial charge in [-0.1, -0.05) is 18.2 Å². The number of nitrogens with two attached hydrogens (primary N) is 1.